The molecular formula is C24H33IN6. The number of aliphatic imine (C=N–C) groups is 1. The summed E-state index contributed by atoms with van der Waals surface area (Å²) in [6.45, 7) is 8.59. The second-order valence-corrected chi connectivity index (χ2v) is 7.33. The van der Waals surface area contributed by atoms with Gasteiger partial charge in [-0.05, 0) is 30.0 Å². The number of benzene rings is 2. The second kappa shape index (κ2) is 13.1. The van der Waals surface area contributed by atoms with Crippen LogP contribution in [-0.2, 0) is 25.9 Å². The summed E-state index contributed by atoms with van der Waals surface area (Å²) in [4.78, 5) is 4.81. The Kier molecular flexibility index (Phi) is 10.5. The van der Waals surface area contributed by atoms with E-state index in [2.05, 4.69) is 82.6 Å². The van der Waals surface area contributed by atoms with Gasteiger partial charge in [0.25, 0.3) is 0 Å². The molecule has 0 spiro atoms. The number of nitrogens with zero attached hydrogens (tertiary/aromatic N) is 4. The first kappa shape index (κ1) is 24.8. The zero-order valence-electron chi connectivity index (χ0n) is 18.6. The normalized spacial score (nSPS) is 12.2. The predicted octanol–water partition coefficient (Wildman–Crippen LogP) is 4.52. The maximum Gasteiger partial charge on any atom is 0.192 e. The highest BCUT2D eigenvalue weighted by Gasteiger charge is 2.09. The Morgan fingerprint density at radius 2 is 1.74 bits per heavy atom. The average molecular weight is 532 g/mol. The maximum absolute atomic E-state index is 4.81. The van der Waals surface area contributed by atoms with Crippen LogP contribution in [0.2, 0.25) is 0 Å². The van der Waals surface area contributed by atoms with E-state index in [0.717, 1.165) is 37.7 Å². The molecule has 7 heteroatoms. The van der Waals surface area contributed by atoms with Crippen LogP contribution in [0.5, 0.6) is 0 Å². The minimum Gasteiger partial charge on any atom is -0.355 e. The number of guanidine groups is 1. The van der Waals surface area contributed by atoms with Crippen LogP contribution in [0.3, 0.4) is 0 Å². The van der Waals surface area contributed by atoms with Crippen LogP contribution in [0.4, 0.5) is 0 Å². The molecule has 0 bridgehead atoms. The predicted molar refractivity (Wildman–Crippen MR) is 138 cm³/mol. The first-order valence-electron chi connectivity index (χ1n) is 10.7. The lowest BCUT2D eigenvalue weighted by Crippen LogP contribution is -2.40. The molecule has 3 rings (SSSR count). The summed E-state index contributed by atoms with van der Waals surface area (Å²) in [6.07, 6.45) is 3.71. The van der Waals surface area contributed by atoms with Crippen molar-refractivity contribution in [2.24, 2.45) is 4.99 Å². The standard InChI is InChI=1S/C24H32N6.HI/c1-4-20-11-13-22(14-12-20)19(3)28-24(26-17-21-9-7-6-8-10-21)25-15-16-30-18-27-29-23(30)5-2;/h6-14,18-19H,4-5,15-17H2,1-3H3,(H2,25,26,28);1H. The van der Waals surface area contributed by atoms with Crippen molar-refractivity contribution in [3.05, 3.63) is 83.4 Å². The molecule has 1 heterocycles. The number of nitrogens with one attached hydrogen (secondary N) is 2. The minimum absolute atomic E-state index is 0. The third-order valence-electron chi connectivity index (χ3n) is 5.16. The fraction of sp³-hybridized carbons (Fsp3) is 0.375. The van der Waals surface area contributed by atoms with Crippen LogP contribution in [0, 0.1) is 0 Å². The van der Waals surface area contributed by atoms with E-state index in [-0.39, 0.29) is 30.0 Å². The molecule has 3 aromatic rings. The lowest BCUT2D eigenvalue weighted by molar-refractivity contribution is 0.619. The summed E-state index contributed by atoms with van der Waals surface area (Å²) in [5.41, 5.74) is 3.78. The molecule has 1 aromatic heterocycles. The summed E-state index contributed by atoms with van der Waals surface area (Å²) < 4.78 is 2.08. The fourth-order valence-electron chi connectivity index (χ4n) is 3.27. The van der Waals surface area contributed by atoms with Gasteiger partial charge in [-0.3, -0.25) is 0 Å². The highest BCUT2D eigenvalue weighted by atomic mass is 127. The molecule has 0 saturated carbocycles. The number of halogens is 1. The van der Waals surface area contributed by atoms with Gasteiger partial charge in [0.15, 0.2) is 5.96 Å². The minimum atomic E-state index is 0. The summed E-state index contributed by atoms with van der Waals surface area (Å²) in [5, 5.41) is 15.2. The molecule has 0 amide bonds. The number of rotatable bonds is 9. The molecule has 1 atom stereocenters. The topological polar surface area (TPSA) is 67.1 Å². The summed E-state index contributed by atoms with van der Waals surface area (Å²) in [7, 11) is 0. The van der Waals surface area contributed by atoms with Crippen molar-refractivity contribution in [3.8, 4) is 0 Å². The van der Waals surface area contributed by atoms with Crippen molar-refractivity contribution in [2.45, 2.75) is 52.7 Å². The van der Waals surface area contributed by atoms with Crippen molar-refractivity contribution in [2.75, 3.05) is 6.54 Å². The number of hydrogen-bond donors (Lipinski definition) is 2. The van der Waals surface area contributed by atoms with Gasteiger partial charge >= 0.3 is 0 Å². The Bertz CT molecular complexity index is 921. The monoisotopic (exact) mass is 532 g/mol. The third kappa shape index (κ3) is 7.65. The highest BCUT2D eigenvalue weighted by molar-refractivity contribution is 14.0. The number of hydrogen-bond acceptors (Lipinski definition) is 3. The molecule has 0 aliphatic heterocycles. The van der Waals surface area contributed by atoms with Gasteiger partial charge in [0, 0.05) is 19.5 Å². The van der Waals surface area contributed by atoms with Crippen molar-refractivity contribution in [1.29, 1.82) is 0 Å². The van der Waals surface area contributed by atoms with E-state index in [9.17, 15) is 0 Å². The number of aryl methyl sites for hydroxylation is 2. The zero-order chi connectivity index (χ0) is 21.2. The molecule has 166 valence electrons. The van der Waals surface area contributed by atoms with E-state index < -0.39 is 0 Å². The number of aromatic nitrogens is 3. The zero-order valence-corrected chi connectivity index (χ0v) is 20.9. The molecule has 2 aromatic carbocycles. The molecular weight excluding hydrogens is 499 g/mol. The van der Waals surface area contributed by atoms with Crippen molar-refractivity contribution in [1.82, 2.24) is 25.4 Å². The van der Waals surface area contributed by atoms with E-state index in [1.807, 2.05) is 18.2 Å². The molecule has 0 saturated heterocycles. The van der Waals surface area contributed by atoms with Gasteiger partial charge in [-0.1, -0.05) is 68.4 Å². The van der Waals surface area contributed by atoms with E-state index in [4.69, 9.17) is 4.99 Å². The van der Waals surface area contributed by atoms with Gasteiger partial charge in [0.05, 0.1) is 12.6 Å². The van der Waals surface area contributed by atoms with Gasteiger partial charge in [-0.15, -0.1) is 34.2 Å². The van der Waals surface area contributed by atoms with Gasteiger partial charge in [-0.25, -0.2) is 4.99 Å². The smallest absolute Gasteiger partial charge is 0.192 e. The molecule has 0 aliphatic rings. The Hall–Kier alpha value is -2.42. The van der Waals surface area contributed by atoms with Crippen LogP contribution in [0.25, 0.3) is 0 Å². The summed E-state index contributed by atoms with van der Waals surface area (Å²) in [5.74, 6) is 1.80. The Balaban J connectivity index is 0.00000341. The Morgan fingerprint density at radius 1 is 1.00 bits per heavy atom. The van der Waals surface area contributed by atoms with Gasteiger partial charge in [0.1, 0.15) is 12.2 Å². The van der Waals surface area contributed by atoms with E-state index in [0.29, 0.717) is 6.54 Å². The van der Waals surface area contributed by atoms with E-state index in [1.165, 1.54) is 16.7 Å². The maximum atomic E-state index is 4.81. The first-order valence-corrected chi connectivity index (χ1v) is 10.7. The van der Waals surface area contributed by atoms with Crippen LogP contribution in [0.1, 0.15) is 49.3 Å². The SMILES string of the molecule is CCc1ccc(C(C)NC(=NCc2ccccc2)NCCn2cnnc2CC)cc1.I. The molecule has 0 radical (unpaired) electrons. The Labute approximate surface area is 202 Å². The van der Waals surface area contributed by atoms with Crippen molar-refractivity contribution < 1.29 is 0 Å². The quantitative estimate of drug-likeness (QED) is 0.242. The first-order chi connectivity index (χ1) is 14.7. The average Bonchev–Trinajstić information content (AvgIpc) is 3.25. The summed E-state index contributed by atoms with van der Waals surface area (Å²) in [6, 6.07) is 19.2. The molecule has 2 N–H and O–H groups in total. The van der Waals surface area contributed by atoms with Gasteiger partial charge in [0.2, 0.25) is 0 Å². The molecule has 0 aliphatic carbocycles. The molecule has 6 nitrogen and oxygen atoms in total. The van der Waals surface area contributed by atoms with E-state index in [1.54, 1.807) is 6.33 Å². The van der Waals surface area contributed by atoms with Crippen LogP contribution in [0.15, 0.2) is 65.9 Å². The molecule has 0 fully saturated rings. The van der Waals surface area contributed by atoms with Crippen molar-refractivity contribution in [3.63, 3.8) is 0 Å². The van der Waals surface area contributed by atoms with E-state index >= 15 is 0 Å². The highest BCUT2D eigenvalue weighted by Crippen LogP contribution is 2.14. The third-order valence-corrected chi connectivity index (χ3v) is 5.16. The van der Waals surface area contributed by atoms with Gasteiger partial charge in [-0.2, -0.15) is 0 Å². The summed E-state index contributed by atoms with van der Waals surface area (Å²) >= 11 is 0. The second-order valence-electron chi connectivity index (χ2n) is 7.33. The van der Waals surface area contributed by atoms with Crippen LogP contribution in [-0.4, -0.2) is 27.3 Å². The van der Waals surface area contributed by atoms with Crippen molar-refractivity contribution >= 4 is 29.9 Å². The largest absolute Gasteiger partial charge is 0.355 e. The Morgan fingerprint density at radius 3 is 2.42 bits per heavy atom. The molecule has 1 unspecified atom stereocenters. The van der Waals surface area contributed by atoms with Gasteiger partial charge < -0.3 is 15.2 Å². The van der Waals surface area contributed by atoms with Crippen LogP contribution < -0.4 is 10.6 Å². The van der Waals surface area contributed by atoms with Crippen LogP contribution >= 0.6 is 24.0 Å². The molecule has 31 heavy (non-hydrogen) atoms. The fourth-order valence-corrected chi connectivity index (χ4v) is 3.27. The lowest BCUT2D eigenvalue weighted by Gasteiger charge is -2.19. The lowest BCUT2D eigenvalue weighted by atomic mass is 10.1.